The number of amides is 2. The van der Waals surface area contributed by atoms with Gasteiger partial charge >= 0.3 is 0 Å². The summed E-state index contributed by atoms with van der Waals surface area (Å²) in [5.74, 6) is -0.318. The average Bonchev–Trinajstić information content (AvgIpc) is 2.86. The largest absolute Gasteiger partial charge is 0.366 e. The third-order valence-electron chi connectivity index (χ3n) is 2.82. The molecule has 0 radical (unpaired) electrons. The standard InChI is InChI=1S/C14H16N4O2/c1-2-3-11-8-12(18-17-11)16-14(20)10-6-4-9(5-7-10)13(15)19/h4-8H,2-3H2,1H3,(H2,15,19)(H2,16,17,18,20). The number of carbonyl (C=O) groups is 2. The number of rotatable bonds is 5. The summed E-state index contributed by atoms with van der Waals surface area (Å²) in [5.41, 5.74) is 6.93. The molecule has 0 saturated heterocycles. The molecule has 0 bridgehead atoms. The number of carbonyl (C=O) groups excluding carboxylic acids is 2. The van der Waals surface area contributed by atoms with Gasteiger partial charge in [-0.15, -0.1) is 0 Å². The van der Waals surface area contributed by atoms with Crippen molar-refractivity contribution in [2.45, 2.75) is 19.8 Å². The van der Waals surface area contributed by atoms with Crippen LogP contribution in [0.15, 0.2) is 30.3 Å². The Morgan fingerprint density at radius 3 is 2.50 bits per heavy atom. The normalized spacial score (nSPS) is 10.2. The van der Waals surface area contributed by atoms with Crippen LogP contribution in [0.4, 0.5) is 5.82 Å². The van der Waals surface area contributed by atoms with E-state index in [4.69, 9.17) is 5.73 Å². The lowest BCUT2D eigenvalue weighted by molar-refractivity contribution is 0.0995. The summed E-state index contributed by atoms with van der Waals surface area (Å²) in [5, 5.41) is 9.56. The Labute approximate surface area is 116 Å². The van der Waals surface area contributed by atoms with Gasteiger partial charge in [0, 0.05) is 22.9 Å². The molecule has 6 heteroatoms. The van der Waals surface area contributed by atoms with Crippen LogP contribution in [0.5, 0.6) is 0 Å². The van der Waals surface area contributed by atoms with Crippen LogP contribution in [-0.4, -0.2) is 22.0 Å². The molecular formula is C14H16N4O2. The van der Waals surface area contributed by atoms with Gasteiger partial charge in [0.1, 0.15) is 0 Å². The lowest BCUT2D eigenvalue weighted by Crippen LogP contribution is -2.14. The van der Waals surface area contributed by atoms with Crippen LogP contribution in [0, 0.1) is 0 Å². The Bertz CT molecular complexity index is 616. The SMILES string of the molecule is CCCc1cc(NC(=O)c2ccc(C(N)=O)cc2)n[nH]1. The zero-order chi connectivity index (χ0) is 14.5. The van der Waals surface area contributed by atoms with Crippen molar-refractivity contribution in [1.29, 1.82) is 0 Å². The van der Waals surface area contributed by atoms with Crippen molar-refractivity contribution in [2.75, 3.05) is 5.32 Å². The van der Waals surface area contributed by atoms with Gasteiger partial charge in [-0.1, -0.05) is 13.3 Å². The molecule has 0 aliphatic rings. The first-order valence-corrected chi connectivity index (χ1v) is 6.35. The number of nitrogens with two attached hydrogens (primary N) is 1. The van der Waals surface area contributed by atoms with Gasteiger partial charge in [-0.3, -0.25) is 14.7 Å². The Balaban J connectivity index is 2.05. The van der Waals surface area contributed by atoms with Gasteiger partial charge < -0.3 is 11.1 Å². The summed E-state index contributed by atoms with van der Waals surface area (Å²) >= 11 is 0. The summed E-state index contributed by atoms with van der Waals surface area (Å²) < 4.78 is 0. The van der Waals surface area contributed by atoms with Crippen molar-refractivity contribution in [3.63, 3.8) is 0 Å². The van der Waals surface area contributed by atoms with Gasteiger partial charge in [-0.25, -0.2) is 0 Å². The number of aromatic nitrogens is 2. The van der Waals surface area contributed by atoms with Gasteiger partial charge in [-0.05, 0) is 30.7 Å². The minimum absolute atomic E-state index is 0.282. The maximum Gasteiger partial charge on any atom is 0.256 e. The lowest BCUT2D eigenvalue weighted by Gasteiger charge is -2.02. The van der Waals surface area contributed by atoms with Gasteiger partial charge in [0.05, 0.1) is 0 Å². The molecule has 20 heavy (non-hydrogen) atoms. The highest BCUT2D eigenvalue weighted by molar-refractivity contribution is 6.04. The molecule has 1 aromatic heterocycles. The molecular weight excluding hydrogens is 256 g/mol. The number of aromatic amines is 1. The second-order valence-electron chi connectivity index (χ2n) is 4.42. The highest BCUT2D eigenvalue weighted by atomic mass is 16.2. The molecule has 4 N–H and O–H groups in total. The Morgan fingerprint density at radius 1 is 1.25 bits per heavy atom. The third kappa shape index (κ3) is 3.23. The summed E-state index contributed by atoms with van der Waals surface area (Å²) in [4.78, 5) is 22.9. The quantitative estimate of drug-likeness (QED) is 0.772. The maximum atomic E-state index is 12.0. The zero-order valence-corrected chi connectivity index (χ0v) is 11.1. The first-order valence-electron chi connectivity index (χ1n) is 6.35. The highest BCUT2D eigenvalue weighted by Crippen LogP contribution is 2.10. The van der Waals surface area contributed by atoms with E-state index in [1.165, 1.54) is 12.1 Å². The minimum atomic E-state index is -0.520. The van der Waals surface area contributed by atoms with E-state index in [0.717, 1.165) is 18.5 Å². The molecule has 0 saturated carbocycles. The molecule has 104 valence electrons. The Morgan fingerprint density at radius 2 is 1.90 bits per heavy atom. The second kappa shape index (κ2) is 6.01. The number of hydrogen-bond donors (Lipinski definition) is 3. The first kappa shape index (κ1) is 13.8. The fraction of sp³-hybridized carbons (Fsp3) is 0.214. The van der Waals surface area contributed by atoms with E-state index in [1.54, 1.807) is 18.2 Å². The fourth-order valence-corrected chi connectivity index (χ4v) is 1.80. The monoisotopic (exact) mass is 272 g/mol. The summed E-state index contributed by atoms with van der Waals surface area (Å²) in [7, 11) is 0. The van der Waals surface area contributed by atoms with E-state index in [-0.39, 0.29) is 5.91 Å². The molecule has 1 heterocycles. The molecule has 0 aliphatic heterocycles. The van der Waals surface area contributed by atoms with Crippen LogP contribution in [0.2, 0.25) is 0 Å². The predicted molar refractivity (Wildman–Crippen MR) is 75.5 cm³/mol. The van der Waals surface area contributed by atoms with Crippen molar-refractivity contribution in [3.8, 4) is 0 Å². The van der Waals surface area contributed by atoms with E-state index in [2.05, 4.69) is 22.4 Å². The Hall–Kier alpha value is -2.63. The molecule has 0 fully saturated rings. The van der Waals surface area contributed by atoms with Crippen LogP contribution < -0.4 is 11.1 Å². The number of primary amides is 1. The molecule has 2 rings (SSSR count). The van der Waals surface area contributed by atoms with Crippen LogP contribution in [0.3, 0.4) is 0 Å². The predicted octanol–water partition coefficient (Wildman–Crippen LogP) is 1.71. The number of nitrogens with one attached hydrogen (secondary N) is 2. The zero-order valence-electron chi connectivity index (χ0n) is 11.1. The van der Waals surface area contributed by atoms with E-state index in [1.807, 2.05) is 0 Å². The molecule has 2 aromatic rings. The summed E-state index contributed by atoms with van der Waals surface area (Å²) in [6, 6.07) is 7.94. The lowest BCUT2D eigenvalue weighted by atomic mass is 10.1. The van der Waals surface area contributed by atoms with Crippen molar-refractivity contribution in [1.82, 2.24) is 10.2 Å². The number of hydrogen-bond acceptors (Lipinski definition) is 3. The average molecular weight is 272 g/mol. The van der Waals surface area contributed by atoms with Gasteiger partial charge in [0.2, 0.25) is 5.91 Å². The molecule has 0 aliphatic carbocycles. The maximum absolute atomic E-state index is 12.0. The Kier molecular flexibility index (Phi) is 4.14. The second-order valence-corrected chi connectivity index (χ2v) is 4.42. The molecule has 0 spiro atoms. The van der Waals surface area contributed by atoms with Gasteiger partial charge in [0.15, 0.2) is 5.82 Å². The topological polar surface area (TPSA) is 101 Å². The van der Waals surface area contributed by atoms with E-state index in [9.17, 15) is 9.59 Å². The van der Waals surface area contributed by atoms with Crippen molar-refractivity contribution >= 4 is 17.6 Å². The van der Waals surface area contributed by atoms with Crippen LogP contribution in [0.1, 0.15) is 39.8 Å². The highest BCUT2D eigenvalue weighted by Gasteiger charge is 2.09. The van der Waals surface area contributed by atoms with Gasteiger partial charge in [0.25, 0.3) is 5.91 Å². The molecule has 2 amide bonds. The number of aryl methyl sites for hydroxylation is 1. The number of anilines is 1. The summed E-state index contributed by atoms with van der Waals surface area (Å²) in [6.45, 7) is 2.07. The summed E-state index contributed by atoms with van der Waals surface area (Å²) in [6.07, 6.45) is 1.89. The van der Waals surface area contributed by atoms with Crippen molar-refractivity contribution in [2.24, 2.45) is 5.73 Å². The van der Waals surface area contributed by atoms with Crippen molar-refractivity contribution in [3.05, 3.63) is 47.2 Å². The number of nitrogens with zero attached hydrogens (tertiary/aromatic N) is 1. The van der Waals surface area contributed by atoms with E-state index in [0.29, 0.717) is 16.9 Å². The third-order valence-corrected chi connectivity index (χ3v) is 2.82. The molecule has 6 nitrogen and oxygen atoms in total. The smallest absolute Gasteiger partial charge is 0.256 e. The fourth-order valence-electron chi connectivity index (χ4n) is 1.80. The van der Waals surface area contributed by atoms with E-state index >= 15 is 0 Å². The van der Waals surface area contributed by atoms with Crippen LogP contribution in [-0.2, 0) is 6.42 Å². The van der Waals surface area contributed by atoms with E-state index < -0.39 is 5.91 Å². The van der Waals surface area contributed by atoms with Crippen molar-refractivity contribution < 1.29 is 9.59 Å². The van der Waals surface area contributed by atoms with Crippen LogP contribution in [0.25, 0.3) is 0 Å². The molecule has 1 aromatic carbocycles. The van der Waals surface area contributed by atoms with Gasteiger partial charge in [-0.2, -0.15) is 5.10 Å². The number of benzene rings is 1. The minimum Gasteiger partial charge on any atom is -0.366 e. The van der Waals surface area contributed by atoms with Crippen LogP contribution >= 0.6 is 0 Å². The molecule has 0 unspecified atom stereocenters. The first-order chi connectivity index (χ1) is 9.60. The molecule has 0 atom stereocenters. The number of H-pyrrole nitrogens is 1.